The molecular weight excluding hydrogens is 266 g/mol. The van der Waals surface area contributed by atoms with E-state index in [0.717, 1.165) is 5.56 Å². The van der Waals surface area contributed by atoms with Gasteiger partial charge in [-0.05, 0) is 12.1 Å². The number of amidine groups is 1. The van der Waals surface area contributed by atoms with Gasteiger partial charge in [0.2, 0.25) is 5.91 Å². The Morgan fingerprint density at radius 1 is 1.26 bits per heavy atom. The number of carbonyl (C=O) groups is 1. The van der Waals surface area contributed by atoms with Crippen LogP contribution in [0.4, 0.5) is 0 Å². The zero-order valence-corrected chi connectivity index (χ0v) is 11.4. The maximum Gasteiger partial charge on any atom is 0.236 e. The Morgan fingerprint density at radius 3 is 2.47 bits per heavy atom. The molecule has 1 N–H and O–H groups in total. The van der Waals surface area contributed by atoms with Gasteiger partial charge in [-0.2, -0.15) is 5.10 Å². The average molecular weight is 279 g/mol. The molecule has 1 fully saturated rings. The Hall–Kier alpha value is -2.02. The lowest BCUT2D eigenvalue weighted by Gasteiger charge is -2.04. The van der Waals surface area contributed by atoms with E-state index < -0.39 is 0 Å². The van der Waals surface area contributed by atoms with Crippen molar-refractivity contribution in [3.05, 3.63) is 23.8 Å². The third kappa shape index (κ3) is 3.72. The number of methoxy groups -OCH3 is 2. The molecule has 0 atom stereocenters. The molecule has 1 aromatic rings. The second-order valence-corrected chi connectivity index (χ2v) is 4.60. The zero-order valence-electron chi connectivity index (χ0n) is 10.5. The van der Waals surface area contributed by atoms with Crippen molar-refractivity contribution in [3.63, 3.8) is 0 Å². The molecule has 0 aliphatic carbocycles. The number of benzene rings is 1. The lowest BCUT2D eigenvalue weighted by molar-refractivity contribution is -0.116. The van der Waals surface area contributed by atoms with Crippen LogP contribution < -0.4 is 14.8 Å². The maximum absolute atomic E-state index is 11.0. The van der Waals surface area contributed by atoms with Crippen LogP contribution in [0.2, 0.25) is 0 Å². The number of nitrogens with one attached hydrogen (secondary N) is 1. The van der Waals surface area contributed by atoms with Gasteiger partial charge in [-0.3, -0.25) is 4.79 Å². The molecule has 6 nitrogen and oxygen atoms in total. The van der Waals surface area contributed by atoms with E-state index in [9.17, 15) is 4.79 Å². The first-order valence-electron chi connectivity index (χ1n) is 5.48. The van der Waals surface area contributed by atoms with Crippen LogP contribution in [0.1, 0.15) is 5.56 Å². The Labute approximate surface area is 114 Å². The Morgan fingerprint density at radius 2 is 1.95 bits per heavy atom. The summed E-state index contributed by atoms with van der Waals surface area (Å²) in [7, 11) is 3.17. The van der Waals surface area contributed by atoms with E-state index in [1.807, 2.05) is 12.1 Å². The molecule has 1 aromatic carbocycles. The van der Waals surface area contributed by atoms with E-state index in [4.69, 9.17) is 9.47 Å². The van der Waals surface area contributed by atoms with E-state index in [-0.39, 0.29) is 5.91 Å². The highest BCUT2D eigenvalue weighted by Crippen LogP contribution is 2.21. The van der Waals surface area contributed by atoms with Crippen LogP contribution in [0.25, 0.3) is 0 Å². The molecule has 2 rings (SSSR count). The number of carbonyl (C=O) groups excluding carboxylic acids is 1. The van der Waals surface area contributed by atoms with Gasteiger partial charge in [-0.1, -0.05) is 11.8 Å². The molecule has 0 unspecified atom stereocenters. The second kappa shape index (κ2) is 6.24. The molecular formula is C12H13N3O3S. The molecule has 1 aliphatic heterocycles. The monoisotopic (exact) mass is 279 g/mol. The highest BCUT2D eigenvalue weighted by molar-refractivity contribution is 8.15. The summed E-state index contributed by atoms with van der Waals surface area (Å²) < 4.78 is 10.3. The smallest absolute Gasteiger partial charge is 0.236 e. The molecule has 0 saturated carbocycles. The average Bonchev–Trinajstić information content (AvgIpc) is 2.84. The summed E-state index contributed by atoms with van der Waals surface area (Å²) in [6.07, 6.45) is 1.57. The van der Waals surface area contributed by atoms with Gasteiger partial charge in [-0.15, -0.1) is 5.10 Å². The fourth-order valence-electron chi connectivity index (χ4n) is 1.43. The van der Waals surface area contributed by atoms with Crippen molar-refractivity contribution in [2.45, 2.75) is 0 Å². The van der Waals surface area contributed by atoms with Crippen LogP contribution in [0, 0.1) is 0 Å². The summed E-state index contributed by atoms with van der Waals surface area (Å²) in [6, 6.07) is 5.40. The largest absolute Gasteiger partial charge is 0.497 e. The number of rotatable bonds is 4. The number of hydrogen-bond donors (Lipinski definition) is 1. The van der Waals surface area contributed by atoms with Crippen molar-refractivity contribution >= 4 is 29.1 Å². The molecule has 0 spiro atoms. The van der Waals surface area contributed by atoms with Gasteiger partial charge in [0, 0.05) is 11.6 Å². The van der Waals surface area contributed by atoms with Crippen LogP contribution in [-0.4, -0.2) is 37.3 Å². The molecule has 19 heavy (non-hydrogen) atoms. The number of thioether (sulfide) groups is 1. The van der Waals surface area contributed by atoms with Gasteiger partial charge in [0.05, 0.1) is 26.2 Å². The van der Waals surface area contributed by atoms with Gasteiger partial charge in [0.1, 0.15) is 11.5 Å². The SMILES string of the molecule is COc1cc(C=N/N=C2/NC(=O)CS2)cc(OC)c1. The van der Waals surface area contributed by atoms with E-state index >= 15 is 0 Å². The Kier molecular flexibility index (Phi) is 4.40. The number of nitrogens with zero attached hydrogens (tertiary/aromatic N) is 2. The highest BCUT2D eigenvalue weighted by Gasteiger charge is 2.15. The third-order valence-electron chi connectivity index (χ3n) is 2.32. The predicted molar refractivity (Wildman–Crippen MR) is 75.2 cm³/mol. The summed E-state index contributed by atoms with van der Waals surface area (Å²) in [5.41, 5.74) is 0.801. The van der Waals surface area contributed by atoms with Crippen molar-refractivity contribution in [1.29, 1.82) is 0 Å². The van der Waals surface area contributed by atoms with Crippen molar-refractivity contribution in [2.75, 3.05) is 20.0 Å². The summed E-state index contributed by atoms with van der Waals surface area (Å²) >= 11 is 1.33. The minimum atomic E-state index is -0.0537. The molecule has 100 valence electrons. The van der Waals surface area contributed by atoms with E-state index in [1.165, 1.54) is 11.8 Å². The summed E-state index contributed by atoms with van der Waals surface area (Å²) in [4.78, 5) is 11.0. The molecule has 1 heterocycles. The van der Waals surface area contributed by atoms with E-state index in [0.29, 0.717) is 22.4 Å². The first kappa shape index (κ1) is 13.4. The fraction of sp³-hybridized carbons (Fsp3) is 0.250. The quantitative estimate of drug-likeness (QED) is 0.665. The zero-order chi connectivity index (χ0) is 13.7. The lowest BCUT2D eigenvalue weighted by atomic mass is 10.2. The van der Waals surface area contributed by atoms with E-state index in [1.54, 1.807) is 26.5 Å². The molecule has 0 radical (unpaired) electrons. The predicted octanol–water partition coefficient (Wildman–Crippen LogP) is 1.26. The van der Waals surface area contributed by atoms with Crippen LogP contribution in [0.15, 0.2) is 28.4 Å². The van der Waals surface area contributed by atoms with Gasteiger partial charge in [0.15, 0.2) is 5.17 Å². The van der Waals surface area contributed by atoms with Crippen LogP contribution >= 0.6 is 11.8 Å². The standard InChI is InChI=1S/C12H13N3O3S/c1-17-9-3-8(4-10(5-9)18-2)6-13-15-12-14-11(16)7-19-12/h3-6H,7H2,1-2H3,(H,14,15,16). The Balaban J connectivity index is 2.11. The summed E-state index contributed by atoms with van der Waals surface area (Å²) in [6.45, 7) is 0. The van der Waals surface area contributed by atoms with Crippen molar-refractivity contribution < 1.29 is 14.3 Å². The fourth-order valence-corrected chi connectivity index (χ4v) is 2.06. The molecule has 1 amide bonds. The summed E-state index contributed by atoms with van der Waals surface area (Å²) in [5, 5.41) is 10.9. The summed E-state index contributed by atoms with van der Waals surface area (Å²) in [5.74, 6) is 1.69. The minimum absolute atomic E-state index is 0.0537. The van der Waals surface area contributed by atoms with Crippen molar-refractivity contribution in [2.24, 2.45) is 10.2 Å². The van der Waals surface area contributed by atoms with Crippen LogP contribution in [0.5, 0.6) is 11.5 Å². The minimum Gasteiger partial charge on any atom is -0.497 e. The molecule has 0 bridgehead atoms. The highest BCUT2D eigenvalue weighted by atomic mass is 32.2. The first-order valence-corrected chi connectivity index (χ1v) is 6.46. The van der Waals surface area contributed by atoms with Crippen molar-refractivity contribution in [3.8, 4) is 11.5 Å². The van der Waals surface area contributed by atoms with Gasteiger partial charge >= 0.3 is 0 Å². The molecule has 1 saturated heterocycles. The van der Waals surface area contributed by atoms with E-state index in [2.05, 4.69) is 15.5 Å². The molecule has 1 aliphatic rings. The molecule has 7 heteroatoms. The normalized spacial score (nSPS) is 16.9. The number of hydrogen-bond acceptors (Lipinski definition) is 6. The van der Waals surface area contributed by atoms with Gasteiger partial charge < -0.3 is 14.8 Å². The number of amides is 1. The van der Waals surface area contributed by atoms with Crippen molar-refractivity contribution in [1.82, 2.24) is 5.32 Å². The van der Waals surface area contributed by atoms with Crippen LogP contribution in [0.3, 0.4) is 0 Å². The Bertz CT molecular complexity index is 521. The van der Waals surface area contributed by atoms with Crippen LogP contribution in [-0.2, 0) is 4.79 Å². The second-order valence-electron chi connectivity index (χ2n) is 3.63. The van der Waals surface area contributed by atoms with Gasteiger partial charge in [0.25, 0.3) is 0 Å². The third-order valence-corrected chi connectivity index (χ3v) is 3.18. The first-order chi connectivity index (χ1) is 9.21. The number of ether oxygens (including phenoxy) is 2. The topological polar surface area (TPSA) is 72.3 Å². The van der Waals surface area contributed by atoms with Gasteiger partial charge in [-0.25, -0.2) is 0 Å². The lowest BCUT2D eigenvalue weighted by Crippen LogP contribution is -2.19. The maximum atomic E-state index is 11.0. The molecule has 0 aromatic heterocycles.